The number of aryl methyl sites for hydroxylation is 2. The predicted octanol–water partition coefficient (Wildman–Crippen LogP) is 3.71. The third-order valence-electron chi connectivity index (χ3n) is 3.54. The molecule has 3 heterocycles. The van der Waals surface area contributed by atoms with Gasteiger partial charge < -0.3 is 10.1 Å². The second-order valence-corrected chi connectivity index (χ2v) is 6.14. The molecule has 3 aromatic heterocycles. The van der Waals surface area contributed by atoms with Gasteiger partial charge in [-0.3, -0.25) is 0 Å². The Hall–Kier alpha value is -2.21. The van der Waals surface area contributed by atoms with Crippen LogP contribution in [0.25, 0.3) is 10.2 Å². The molecule has 0 aliphatic carbocycles. The maximum absolute atomic E-state index is 5.56. The van der Waals surface area contributed by atoms with E-state index < -0.39 is 0 Å². The van der Waals surface area contributed by atoms with Crippen molar-refractivity contribution >= 4 is 27.4 Å². The Morgan fingerprint density at radius 3 is 2.91 bits per heavy atom. The van der Waals surface area contributed by atoms with E-state index in [9.17, 15) is 0 Å². The van der Waals surface area contributed by atoms with Gasteiger partial charge in [0.2, 0.25) is 5.88 Å². The second-order valence-electron chi connectivity index (χ2n) is 4.94. The van der Waals surface area contributed by atoms with Crippen LogP contribution >= 0.6 is 11.3 Å². The molecule has 0 radical (unpaired) electrons. The predicted molar refractivity (Wildman–Crippen MR) is 89.6 cm³/mol. The molecule has 3 aromatic rings. The minimum absolute atomic E-state index is 0.602. The van der Waals surface area contributed by atoms with E-state index in [0.717, 1.165) is 21.6 Å². The summed E-state index contributed by atoms with van der Waals surface area (Å²) in [5.74, 6) is 1.53. The van der Waals surface area contributed by atoms with Gasteiger partial charge in [-0.15, -0.1) is 11.3 Å². The molecule has 0 aromatic carbocycles. The summed E-state index contributed by atoms with van der Waals surface area (Å²) in [5.41, 5.74) is 2.25. The van der Waals surface area contributed by atoms with E-state index in [1.807, 2.05) is 19.1 Å². The molecule has 0 saturated carbocycles. The zero-order valence-corrected chi connectivity index (χ0v) is 13.7. The summed E-state index contributed by atoms with van der Waals surface area (Å²) in [4.78, 5) is 15.3. The van der Waals surface area contributed by atoms with Crippen molar-refractivity contribution in [3.05, 3.63) is 40.7 Å². The number of nitrogens with zero attached hydrogens (tertiary/aromatic N) is 3. The molecule has 22 heavy (non-hydrogen) atoms. The maximum atomic E-state index is 5.56. The van der Waals surface area contributed by atoms with Crippen molar-refractivity contribution < 1.29 is 4.74 Å². The fraction of sp³-hybridized carbons (Fsp3) is 0.312. The van der Waals surface area contributed by atoms with Crippen LogP contribution in [0.4, 0.5) is 5.82 Å². The van der Waals surface area contributed by atoms with E-state index in [1.54, 1.807) is 23.9 Å². The van der Waals surface area contributed by atoms with Gasteiger partial charge in [-0.2, -0.15) is 0 Å². The molecule has 0 saturated heterocycles. The number of nitrogens with one attached hydrogen (secondary N) is 1. The van der Waals surface area contributed by atoms with Crippen LogP contribution in [-0.4, -0.2) is 21.6 Å². The number of rotatable bonds is 5. The first-order valence-corrected chi connectivity index (χ1v) is 8.03. The normalized spacial score (nSPS) is 10.9. The summed E-state index contributed by atoms with van der Waals surface area (Å²) >= 11 is 1.70. The summed E-state index contributed by atoms with van der Waals surface area (Å²) in [7, 11) is 0. The average molecular weight is 314 g/mol. The summed E-state index contributed by atoms with van der Waals surface area (Å²) in [6.45, 7) is 7.39. The molecule has 0 unspecified atom stereocenters. The Kier molecular flexibility index (Phi) is 4.20. The van der Waals surface area contributed by atoms with Gasteiger partial charge in [0, 0.05) is 23.2 Å². The summed E-state index contributed by atoms with van der Waals surface area (Å²) in [6, 6.07) is 3.92. The Morgan fingerprint density at radius 1 is 1.23 bits per heavy atom. The lowest BCUT2D eigenvalue weighted by molar-refractivity contribution is 0.323. The third-order valence-corrected chi connectivity index (χ3v) is 4.66. The highest BCUT2D eigenvalue weighted by atomic mass is 32.1. The van der Waals surface area contributed by atoms with Gasteiger partial charge in [0.15, 0.2) is 0 Å². The summed E-state index contributed by atoms with van der Waals surface area (Å²) in [6.07, 6.45) is 3.34. The molecule has 0 atom stereocenters. The van der Waals surface area contributed by atoms with Gasteiger partial charge in [0.25, 0.3) is 0 Å². The van der Waals surface area contributed by atoms with Gasteiger partial charge in [0.1, 0.15) is 17.0 Å². The highest BCUT2D eigenvalue weighted by Gasteiger charge is 2.12. The van der Waals surface area contributed by atoms with Crippen LogP contribution in [0.3, 0.4) is 0 Å². The molecule has 0 aliphatic heterocycles. The molecule has 5 nitrogen and oxygen atoms in total. The van der Waals surface area contributed by atoms with Gasteiger partial charge >= 0.3 is 0 Å². The number of pyridine rings is 1. The Bertz CT molecular complexity index is 800. The van der Waals surface area contributed by atoms with Gasteiger partial charge in [-0.1, -0.05) is 6.07 Å². The second kappa shape index (κ2) is 6.27. The van der Waals surface area contributed by atoms with E-state index >= 15 is 0 Å². The van der Waals surface area contributed by atoms with E-state index in [1.165, 1.54) is 10.4 Å². The van der Waals surface area contributed by atoms with Crippen LogP contribution in [0.5, 0.6) is 5.88 Å². The molecule has 1 N–H and O–H groups in total. The topological polar surface area (TPSA) is 59.9 Å². The number of hydrogen-bond acceptors (Lipinski definition) is 6. The van der Waals surface area contributed by atoms with Crippen molar-refractivity contribution in [3.63, 3.8) is 0 Å². The average Bonchev–Trinajstić information content (AvgIpc) is 2.82. The number of aromatic nitrogens is 3. The number of thiophene rings is 1. The zero-order valence-electron chi connectivity index (χ0n) is 12.9. The lowest BCUT2D eigenvalue weighted by atomic mass is 10.2. The van der Waals surface area contributed by atoms with Gasteiger partial charge in [-0.25, -0.2) is 15.0 Å². The van der Waals surface area contributed by atoms with Crippen LogP contribution in [0, 0.1) is 13.8 Å². The van der Waals surface area contributed by atoms with Crippen molar-refractivity contribution in [2.75, 3.05) is 11.9 Å². The Morgan fingerprint density at radius 2 is 2.09 bits per heavy atom. The highest BCUT2D eigenvalue weighted by Crippen LogP contribution is 2.32. The zero-order chi connectivity index (χ0) is 15.5. The van der Waals surface area contributed by atoms with Crippen molar-refractivity contribution in [1.82, 2.24) is 15.0 Å². The first-order valence-electron chi connectivity index (χ1n) is 7.22. The highest BCUT2D eigenvalue weighted by molar-refractivity contribution is 7.18. The smallest absolute Gasteiger partial charge is 0.218 e. The molecular weight excluding hydrogens is 296 g/mol. The van der Waals surface area contributed by atoms with E-state index in [2.05, 4.69) is 34.1 Å². The van der Waals surface area contributed by atoms with Crippen molar-refractivity contribution in [3.8, 4) is 5.88 Å². The van der Waals surface area contributed by atoms with Crippen LogP contribution in [0.1, 0.15) is 22.9 Å². The Labute approximate surface area is 133 Å². The van der Waals surface area contributed by atoms with E-state index in [4.69, 9.17) is 4.74 Å². The third kappa shape index (κ3) is 2.74. The fourth-order valence-electron chi connectivity index (χ4n) is 2.32. The molecule has 0 bridgehead atoms. The number of anilines is 1. The molecule has 0 aliphatic rings. The first-order chi connectivity index (χ1) is 10.7. The minimum atomic E-state index is 0.602. The number of fused-ring (bicyclic) bond motifs is 1. The van der Waals surface area contributed by atoms with Crippen LogP contribution in [0.15, 0.2) is 24.7 Å². The van der Waals surface area contributed by atoms with E-state index in [-0.39, 0.29) is 0 Å². The number of hydrogen-bond donors (Lipinski definition) is 1. The molecule has 0 spiro atoms. The van der Waals surface area contributed by atoms with Crippen LogP contribution in [-0.2, 0) is 6.54 Å². The first kappa shape index (κ1) is 14.7. The largest absolute Gasteiger partial charge is 0.478 e. The maximum Gasteiger partial charge on any atom is 0.218 e. The quantitative estimate of drug-likeness (QED) is 0.778. The molecular formula is C16H18N4OS. The molecule has 0 amide bonds. The van der Waals surface area contributed by atoms with E-state index in [0.29, 0.717) is 19.0 Å². The molecule has 3 rings (SSSR count). The van der Waals surface area contributed by atoms with Crippen molar-refractivity contribution in [1.29, 1.82) is 0 Å². The monoisotopic (exact) mass is 314 g/mol. The minimum Gasteiger partial charge on any atom is -0.478 e. The standard InChI is InChI=1S/C16H18N4OS/c1-4-21-15-12(6-5-7-17-15)8-18-14-13-10(2)11(3)22-16(13)20-9-19-14/h5-7,9H,4,8H2,1-3H3,(H,18,19,20). The molecule has 6 heteroatoms. The molecule has 114 valence electrons. The fourth-order valence-corrected chi connectivity index (χ4v) is 3.32. The SMILES string of the molecule is CCOc1ncccc1CNc1ncnc2sc(C)c(C)c12. The lowest BCUT2D eigenvalue weighted by Crippen LogP contribution is -2.06. The van der Waals surface area contributed by atoms with Crippen molar-refractivity contribution in [2.45, 2.75) is 27.3 Å². The van der Waals surface area contributed by atoms with Gasteiger partial charge in [0.05, 0.1) is 12.0 Å². The Balaban J connectivity index is 1.89. The van der Waals surface area contributed by atoms with Gasteiger partial charge in [-0.05, 0) is 32.4 Å². The van der Waals surface area contributed by atoms with Crippen LogP contribution < -0.4 is 10.1 Å². The summed E-state index contributed by atoms with van der Waals surface area (Å²) in [5, 5.41) is 4.50. The summed E-state index contributed by atoms with van der Waals surface area (Å²) < 4.78 is 5.56. The van der Waals surface area contributed by atoms with Crippen LogP contribution in [0.2, 0.25) is 0 Å². The number of ether oxygens (including phenoxy) is 1. The van der Waals surface area contributed by atoms with Crippen molar-refractivity contribution in [2.24, 2.45) is 0 Å². The molecule has 0 fully saturated rings. The lowest BCUT2D eigenvalue weighted by Gasteiger charge is -2.11.